The van der Waals surface area contributed by atoms with Gasteiger partial charge in [0.05, 0.1) is 12.0 Å². The first-order valence-corrected chi connectivity index (χ1v) is 8.06. The third-order valence-electron chi connectivity index (χ3n) is 3.00. The van der Waals surface area contributed by atoms with Crippen LogP contribution in [-0.2, 0) is 10.0 Å². The molecule has 3 aromatic rings. The highest BCUT2D eigenvalue weighted by molar-refractivity contribution is 7.92. The van der Waals surface area contributed by atoms with Gasteiger partial charge in [-0.25, -0.2) is 23.1 Å². The van der Waals surface area contributed by atoms with Crippen LogP contribution in [0.1, 0.15) is 0 Å². The number of hydrogen-bond acceptors (Lipinski definition) is 6. The van der Waals surface area contributed by atoms with E-state index in [1.165, 1.54) is 36.3 Å². The van der Waals surface area contributed by atoms with Crippen LogP contribution >= 0.6 is 0 Å². The van der Waals surface area contributed by atoms with E-state index in [0.717, 1.165) is 0 Å². The zero-order valence-electron chi connectivity index (χ0n) is 12.1. The molecule has 0 fully saturated rings. The molecule has 2 heterocycles. The number of nitrogens with one attached hydrogen (secondary N) is 1. The van der Waals surface area contributed by atoms with Gasteiger partial charge < -0.3 is 4.74 Å². The van der Waals surface area contributed by atoms with E-state index in [0.29, 0.717) is 11.6 Å². The molecule has 1 N–H and O–H groups in total. The smallest absolute Gasteiger partial charge is 0.263 e. The fourth-order valence-electron chi connectivity index (χ4n) is 1.88. The molecule has 23 heavy (non-hydrogen) atoms. The van der Waals surface area contributed by atoms with E-state index in [2.05, 4.69) is 19.8 Å². The minimum atomic E-state index is -3.75. The van der Waals surface area contributed by atoms with Crippen molar-refractivity contribution in [2.24, 2.45) is 0 Å². The van der Waals surface area contributed by atoms with Gasteiger partial charge in [0, 0.05) is 18.5 Å². The summed E-state index contributed by atoms with van der Waals surface area (Å²) in [6, 6.07) is 9.29. The molecule has 1 aromatic carbocycles. The standard InChI is InChI=1S/C14H13N5O3S/c1-22-11-3-5-12(6-4-11)23(20,21)18-13-9-14(16-10-15-13)19-8-2-7-17-19/h2-10H,1H3,(H,15,16,18). The first-order chi connectivity index (χ1) is 11.1. The number of rotatable bonds is 5. The Bertz CT molecular complexity index is 892. The van der Waals surface area contributed by atoms with Gasteiger partial charge in [0.1, 0.15) is 17.9 Å². The van der Waals surface area contributed by atoms with Crippen LogP contribution in [0.4, 0.5) is 5.82 Å². The van der Waals surface area contributed by atoms with Crippen molar-refractivity contribution in [2.45, 2.75) is 4.90 Å². The van der Waals surface area contributed by atoms with Crippen molar-refractivity contribution in [3.63, 3.8) is 0 Å². The molecule has 8 nitrogen and oxygen atoms in total. The summed E-state index contributed by atoms with van der Waals surface area (Å²) in [5.41, 5.74) is 0. The lowest BCUT2D eigenvalue weighted by Crippen LogP contribution is -2.14. The molecule has 118 valence electrons. The molecule has 0 aliphatic rings. The van der Waals surface area contributed by atoms with E-state index in [-0.39, 0.29) is 10.7 Å². The van der Waals surface area contributed by atoms with E-state index in [4.69, 9.17) is 4.74 Å². The fraction of sp³-hybridized carbons (Fsp3) is 0.0714. The largest absolute Gasteiger partial charge is 0.497 e. The zero-order valence-corrected chi connectivity index (χ0v) is 12.9. The third kappa shape index (κ3) is 3.29. The summed E-state index contributed by atoms with van der Waals surface area (Å²) in [6.45, 7) is 0. The van der Waals surface area contributed by atoms with Gasteiger partial charge in [0.25, 0.3) is 10.0 Å². The van der Waals surface area contributed by atoms with E-state index < -0.39 is 10.0 Å². The maximum absolute atomic E-state index is 12.4. The Hall–Kier alpha value is -2.94. The number of ether oxygens (including phenoxy) is 1. The fourth-order valence-corrected chi connectivity index (χ4v) is 2.88. The van der Waals surface area contributed by atoms with Crippen LogP contribution in [0.2, 0.25) is 0 Å². The molecule has 0 amide bonds. The van der Waals surface area contributed by atoms with E-state index >= 15 is 0 Å². The molecule has 0 spiro atoms. The monoisotopic (exact) mass is 331 g/mol. The van der Waals surface area contributed by atoms with Crippen LogP contribution in [0.3, 0.4) is 0 Å². The predicted molar refractivity (Wildman–Crippen MR) is 83.0 cm³/mol. The van der Waals surface area contributed by atoms with Gasteiger partial charge in [0.2, 0.25) is 0 Å². The number of sulfonamides is 1. The van der Waals surface area contributed by atoms with Crippen LogP contribution in [0.25, 0.3) is 5.82 Å². The Labute approximate surface area is 132 Å². The highest BCUT2D eigenvalue weighted by Gasteiger charge is 2.15. The molecule has 0 atom stereocenters. The minimum absolute atomic E-state index is 0.109. The maximum Gasteiger partial charge on any atom is 0.263 e. The number of methoxy groups -OCH3 is 1. The quantitative estimate of drug-likeness (QED) is 0.760. The first kappa shape index (κ1) is 15.0. The molecule has 0 saturated heterocycles. The lowest BCUT2D eigenvalue weighted by atomic mass is 10.3. The number of hydrogen-bond donors (Lipinski definition) is 1. The molecule has 9 heteroatoms. The van der Waals surface area contributed by atoms with Crippen molar-refractivity contribution >= 4 is 15.8 Å². The van der Waals surface area contributed by atoms with Gasteiger partial charge in [-0.1, -0.05) is 0 Å². The topological polar surface area (TPSA) is 99.0 Å². The second-order valence-electron chi connectivity index (χ2n) is 4.49. The average Bonchev–Trinajstić information content (AvgIpc) is 3.09. The van der Waals surface area contributed by atoms with Crippen LogP contribution < -0.4 is 9.46 Å². The SMILES string of the molecule is COc1ccc(S(=O)(=O)Nc2cc(-n3cccn3)ncn2)cc1. The Morgan fingerprint density at radius 1 is 1.17 bits per heavy atom. The summed E-state index contributed by atoms with van der Waals surface area (Å²) >= 11 is 0. The second kappa shape index (κ2) is 6.05. The second-order valence-corrected chi connectivity index (χ2v) is 6.18. The van der Waals surface area contributed by atoms with Crippen molar-refractivity contribution in [2.75, 3.05) is 11.8 Å². The number of nitrogens with zero attached hydrogens (tertiary/aromatic N) is 4. The van der Waals surface area contributed by atoms with Crippen LogP contribution in [0, 0.1) is 0 Å². The van der Waals surface area contributed by atoms with Gasteiger partial charge in [-0.15, -0.1) is 0 Å². The summed E-state index contributed by atoms with van der Waals surface area (Å²) in [6.07, 6.45) is 4.57. The van der Waals surface area contributed by atoms with Crippen molar-refractivity contribution in [1.29, 1.82) is 0 Å². The molecule has 0 aliphatic heterocycles. The van der Waals surface area contributed by atoms with E-state index in [1.807, 2.05) is 0 Å². The van der Waals surface area contributed by atoms with Crippen molar-refractivity contribution in [3.05, 3.63) is 55.1 Å². The first-order valence-electron chi connectivity index (χ1n) is 6.57. The zero-order chi connectivity index (χ0) is 16.3. The molecule has 0 radical (unpaired) electrons. The lowest BCUT2D eigenvalue weighted by Gasteiger charge is -2.09. The molecular formula is C14H13N5O3S. The Morgan fingerprint density at radius 3 is 2.61 bits per heavy atom. The number of aromatic nitrogens is 4. The van der Waals surface area contributed by atoms with E-state index in [9.17, 15) is 8.42 Å². The van der Waals surface area contributed by atoms with E-state index in [1.54, 1.807) is 30.6 Å². The van der Waals surface area contributed by atoms with Gasteiger partial charge in [-0.05, 0) is 30.3 Å². The summed E-state index contributed by atoms with van der Waals surface area (Å²) in [5, 5.41) is 4.04. The molecule has 0 saturated carbocycles. The number of benzene rings is 1. The molecule has 0 aliphatic carbocycles. The van der Waals surface area contributed by atoms with Gasteiger partial charge in [0.15, 0.2) is 5.82 Å². The highest BCUT2D eigenvalue weighted by atomic mass is 32.2. The van der Waals surface area contributed by atoms with Gasteiger partial charge in [-0.2, -0.15) is 5.10 Å². The lowest BCUT2D eigenvalue weighted by molar-refractivity contribution is 0.414. The Morgan fingerprint density at radius 2 is 1.96 bits per heavy atom. The Kier molecular flexibility index (Phi) is 3.94. The highest BCUT2D eigenvalue weighted by Crippen LogP contribution is 2.18. The van der Waals surface area contributed by atoms with Crippen molar-refractivity contribution < 1.29 is 13.2 Å². The number of anilines is 1. The van der Waals surface area contributed by atoms with Crippen LogP contribution in [-0.4, -0.2) is 35.3 Å². The average molecular weight is 331 g/mol. The normalized spacial score (nSPS) is 11.2. The van der Waals surface area contributed by atoms with Gasteiger partial charge in [-0.3, -0.25) is 4.72 Å². The minimum Gasteiger partial charge on any atom is -0.497 e. The third-order valence-corrected chi connectivity index (χ3v) is 4.37. The molecule has 2 aromatic heterocycles. The van der Waals surface area contributed by atoms with Crippen LogP contribution in [0.15, 0.2) is 60.0 Å². The van der Waals surface area contributed by atoms with Crippen molar-refractivity contribution in [3.8, 4) is 11.6 Å². The maximum atomic E-state index is 12.4. The molecular weight excluding hydrogens is 318 g/mol. The summed E-state index contributed by atoms with van der Waals surface area (Å²) < 4.78 is 33.7. The molecule has 3 rings (SSSR count). The summed E-state index contributed by atoms with van der Waals surface area (Å²) in [7, 11) is -2.24. The molecule has 0 unspecified atom stereocenters. The summed E-state index contributed by atoms with van der Waals surface area (Å²) in [5.74, 6) is 1.19. The van der Waals surface area contributed by atoms with Crippen molar-refractivity contribution in [1.82, 2.24) is 19.7 Å². The summed E-state index contributed by atoms with van der Waals surface area (Å²) in [4.78, 5) is 8.08. The Balaban J connectivity index is 1.87. The molecule has 0 bridgehead atoms. The van der Waals surface area contributed by atoms with Crippen LogP contribution in [0.5, 0.6) is 5.75 Å². The van der Waals surface area contributed by atoms with Gasteiger partial charge >= 0.3 is 0 Å². The predicted octanol–water partition coefficient (Wildman–Crippen LogP) is 1.47.